The Morgan fingerprint density at radius 1 is 0.938 bits per heavy atom. The average molecular weight is 218 g/mol. The summed E-state index contributed by atoms with van der Waals surface area (Å²) in [6, 6.07) is 0. The molecule has 16 heavy (non-hydrogen) atoms. The van der Waals surface area contributed by atoms with Gasteiger partial charge in [-0.05, 0) is 64.5 Å². The normalized spacial score (nSPS) is 23.8. The van der Waals surface area contributed by atoms with Crippen LogP contribution in [0.25, 0.3) is 0 Å². The van der Waals surface area contributed by atoms with E-state index >= 15 is 0 Å². The molecule has 0 bridgehead atoms. The molecular weight excluding hydrogens is 192 g/mol. The van der Waals surface area contributed by atoms with Crippen molar-refractivity contribution in [3.63, 3.8) is 0 Å². The van der Waals surface area contributed by atoms with E-state index in [4.69, 9.17) is 0 Å². The highest BCUT2D eigenvalue weighted by Gasteiger charge is 2.17. The average Bonchev–Trinajstić information content (AvgIpc) is 2.26. The Morgan fingerprint density at radius 3 is 2.00 bits per heavy atom. The summed E-state index contributed by atoms with van der Waals surface area (Å²) < 4.78 is 0. The second-order valence-electron chi connectivity index (χ2n) is 5.28. The van der Waals surface area contributed by atoms with Crippen LogP contribution < -0.4 is 0 Å². The third kappa shape index (κ3) is 2.31. The fourth-order valence-electron chi connectivity index (χ4n) is 2.72. The zero-order chi connectivity index (χ0) is 12.5. The molecule has 0 spiro atoms. The summed E-state index contributed by atoms with van der Waals surface area (Å²) in [5.74, 6) is 0.609. The largest absolute Gasteiger partial charge is 0.0697 e. The minimum Gasteiger partial charge on any atom is -0.0697 e. The molecule has 0 saturated heterocycles. The van der Waals surface area contributed by atoms with Gasteiger partial charge in [-0.2, -0.15) is 0 Å². The molecule has 0 heterocycles. The van der Waals surface area contributed by atoms with Crippen LogP contribution in [0.3, 0.4) is 0 Å². The predicted molar refractivity (Wildman–Crippen MR) is 73.5 cm³/mol. The first-order valence-electron chi connectivity index (χ1n) is 6.42. The third-order valence-electron chi connectivity index (χ3n) is 4.42. The van der Waals surface area contributed by atoms with Gasteiger partial charge in [0.05, 0.1) is 0 Å². The first kappa shape index (κ1) is 13.3. The van der Waals surface area contributed by atoms with Crippen LogP contribution in [0.15, 0.2) is 33.4 Å². The van der Waals surface area contributed by atoms with Crippen LogP contribution in [-0.4, -0.2) is 0 Å². The molecule has 1 aliphatic carbocycles. The van der Waals surface area contributed by atoms with Crippen LogP contribution in [0.1, 0.15) is 61.3 Å². The van der Waals surface area contributed by atoms with Gasteiger partial charge in [0.15, 0.2) is 0 Å². The summed E-state index contributed by atoms with van der Waals surface area (Å²) in [6.45, 7) is 16.1. The van der Waals surface area contributed by atoms with Crippen LogP contribution in [0, 0.1) is 5.92 Å². The Hall–Kier alpha value is -0.780. The lowest BCUT2D eigenvalue weighted by molar-refractivity contribution is 0.750. The lowest BCUT2D eigenvalue weighted by Gasteiger charge is -2.25. The van der Waals surface area contributed by atoms with Crippen molar-refractivity contribution in [3.05, 3.63) is 33.4 Å². The third-order valence-corrected chi connectivity index (χ3v) is 4.42. The SMILES string of the molecule is CCC1=C(C)C(C)C(C)=C(C)CC(C)=C1C. The summed E-state index contributed by atoms with van der Waals surface area (Å²) in [4.78, 5) is 0. The predicted octanol–water partition coefficient (Wildman–Crippen LogP) is 5.43. The Morgan fingerprint density at radius 2 is 1.50 bits per heavy atom. The molecule has 0 N–H and O–H groups in total. The van der Waals surface area contributed by atoms with E-state index in [0.717, 1.165) is 12.8 Å². The summed E-state index contributed by atoms with van der Waals surface area (Å²) >= 11 is 0. The van der Waals surface area contributed by atoms with E-state index in [0.29, 0.717) is 5.92 Å². The van der Waals surface area contributed by atoms with Gasteiger partial charge in [0, 0.05) is 0 Å². The van der Waals surface area contributed by atoms with Gasteiger partial charge in [-0.15, -0.1) is 0 Å². The number of hydrogen-bond acceptors (Lipinski definition) is 0. The van der Waals surface area contributed by atoms with Gasteiger partial charge in [-0.25, -0.2) is 0 Å². The molecule has 0 radical (unpaired) electrons. The van der Waals surface area contributed by atoms with Crippen molar-refractivity contribution >= 4 is 0 Å². The van der Waals surface area contributed by atoms with Crippen LogP contribution in [0.2, 0.25) is 0 Å². The van der Waals surface area contributed by atoms with E-state index in [9.17, 15) is 0 Å². The zero-order valence-electron chi connectivity index (χ0n) is 12.0. The lowest BCUT2D eigenvalue weighted by Crippen LogP contribution is -2.08. The van der Waals surface area contributed by atoms with Crippen molar-refractivity contribution in [3.8, 4) is 0 Å². The van der Waals surface area contributed by atoms with Crippen LogP contribution >= 0.6 is 0 Å². The Balaban J connectivity index is 3.42. The molecule has 90 valence electrons. The van der Waals surface area contributed by atoms with Gasteiger partial charge in [0.25, 0.3) is 0 Å². The molecule has 0 aromatic heterocycles. The fraction of sp³-hybridized carbons (Fsp3) is 0.625. The summed E-state index contributed by atoms with van der Waals surface area (Å²) in [5.41, 5.74) is 9.33. The monoisotopic (exact) mass is 218 g/mol. The zero-order valence-corrected chi connectivity index (χ0v) is 12.0. The fourth-order valence-corrected chi connectivity index (χ4v) is 2.72. The number of rotatable bonds is 1. The van der Waals surface area contributed by atoms with E-state index < -0.39 is 0 Å². The van der Waals surface area contributed by atoms with Gasteiger partial charge >= 0.3 is 0 Å². The highest BCUT2D eigenvalue weighted by atomic mass is 14.2. The molecular formula is C16H26. The van der Waals surface area contributed by atoms with Gasteiger partial charge in [-0.1, -0.05) is 36.1 Å². The molecule has 1 rings (SSSR count). The van der Waals surface area contributed by atoms with E-state index in [1.54, 1.807) is 27.9 Å². The van der Waals surface area contributed by atoms with E-state index in [2.05, 4.69) is 48.5 Å². The van der Waals surface area contributed by atoms with Crippen molar-refractivity contribution < 1.29 is 0 Å². The molecule has 1 atom stereocenters. The highest BCUT2D eigenvalue weighted by molar-refractivity contribution is 5.42. The minimum absolute atomic E-state index is 0.609. The van der Waals surface area contributed by atoms with Gasteiger partial charge in [0.1, 0.15) is 0 Å². The molecule has 0 aliphatic heterocycles. The van der Waals surface area contributed by atoms with Gasteiger partial charge in [0.2, 0.25) is 0 Å². The van der Waals surface area contributed by atoms with E-state index in [1.165, 1.54) is 5.57 Å². The van der Waals surface area contributed by atoms with Crippen LogP contribution in [0.5, 0.6) is 0 Å². The quantitative estimate of drug-likeness (QED) is 0.515. The molecule has 1 unspecified atom stereocenters. The number of allylic oxidation sites excluding steroid dienone is 6. The lowest BCUT2D eigenvalue weighted by atomic mass is 9.80. The molecule has 0 aromatic carbocycles. The topological polar surface area (TPSA) is 0 Å². The Kier molecular flexibility index (Phi) is 4.18. The molecule has 0 saturated carbocycles. The van der Waals surface area contributed by atoms with Gasteiger partial charge < -0.3 is 0 Å². The molecule has 1 aliphatic rings. The second-order valence-corrected chi connectivity index (χ2v) is 5.28. The van der Waals surface area contributed by atoms with E-state index in [1.807, 2.05) is 0 Å². The van der Waals surface area contributed by atoms with Crippen molar-refractivity contribution in [2.24, 2.45) is 5.92 Å². The number of hydrogen-bond donors (Lipinski definition) is 0. The standard InChI is InChI=1S/C16H26/c1-8-16-13(5)11(3)9-10(2)12(4)14(6)15(16)7/h14H,8-9H2,1-7H3. The van der Waals surface area contributed by atoms with Crippen LogP contribution in [-0.2, 0) is 0 Å². The van der Waals surface area contributed by atoms with Crippen molar-refractivity contribution in [1.82, 2.24) is 0 Å². The van der Waals surface area contributed by atoms with Crippen LogP contribution in [0.4, 0.5) is 0 Å². The van der Waals surface area contributed by atoms with Crippen molar-refractivity contribution in [2.45, 2.75) is 61.3 Å². The molecule has 0 heteroatoms. The second kappa shape index (κ2) is 5.03. The van der Waals surface area contributed by atoms with E-state index in [-0.39, 0.29) is 0 Å². The molecule has 0 nitrogen and oxygen atoms in total. The first-order chi connectivity index (χ1) is 7.40. The minimum atomic E-state index is 0.609. The molecule has 0 fully saturated rings. The first-order valence-corrected chi connectivity index (χ1v) is 6.42. The summed E-state index contributed by atoms with van der Waals surface area (Å²) in [5, 5.41) is 0. The smallest absolute Gasteiger partial charge is 0.00184 e. The van der Waals surface area contributed by atoms with Crippen molar-refractivity contribution in [1.29, 1.82) is 0 Å². The maximum atomic E-state index is 2.34. The Labute approximate surface area is 101 Å². The molecule has 0 amide bonds. The Bertz CT molecular complexity index is 375. The van der Waals surface area contributed by atoms with Gasteiger partial charge in [-0.3, -0.25) is 0 Å². The maximum Gasteiger partial charge on any atom is -0.00184 e. The molecule has 0 aromatic rings. The maximum absolute atomic E-state index is 2.34. The highest BCUT2D eigenvalue weighted by Crippen LogP contribution is 2.35. The summed E-state index contributed by atoms with van der Waals surface area (Å²) in [6.07, 6.45) is 2.31. The summed E-state index contributed by atoms with van der Waals surface area (Å²) in [7, 11) is 0. The van der Waals surface area contributed by atoms with Crippen molar-refractivity contribution in [2.75, 3.05) is 0 Å².